The van der Waals surface area contributed by atoms with Crippen LogP contribution in [0.5, 0.6) is 0 Å². The largest absolute Gasteiger partial charge is 0.385 e. The normalized spacial score (nSPS) is 17.1. The molecule has 0 spiro atoms. The van der Waals surface area contributed by atoms with E-state index in [1.807, 2.05) is 13.0 Å². The van der Waals surface area contributed by atoms with Gasteiger partial charge in [0.05, 0.1) is 4.92 Å². The summed E-state index contributed by atoms with van der Waals surface area (Å²) in [5, 5.41) is 14.2. The van der Waals surface area contributed by atoms with Gasteiger partial charge in [0.2, 0.25) is 0 Å². The third-order valence-corrected chi connectivity index (χ3v) is 3.66. The van der Waals surface area contributed by atoms with Crippen molar-refractivity contribution in [1.82, 2.24) is 9.80 Å². The van der Waals surface area contributed by atoms with Gasteiger partial charge >= 0.3 is 0 Å². The number of nitro groups is 1. The first-order valence-corrected chi connectivity index (χ1v) is 7.02. The summed E-state index contributed by atoms with van der Waals surface area (Å²) in [4.78, 5) is 15.2. The Kier molecular flexibility index (Phi) is 4.92. The van der Waals surface area contributed by atoms with E-state index in [1.54, 1.807) is 12.1 Å². The number of hydrogen-bond donors (Lipinski definition) is 1. The van der Waals surface area contributed by atoms with Crippen molar-refractivity contribution >= 4 is 11.4 Å². The van der Waals surface area contributed by atoms with Gasteiger partial charge in [-0.3, -0.25) is 15.0 Å². The average molecular weight is 278 g/mol. The molecule has 0 unspecified atom stereocenters. The molecule has 1 saturated heterocycles. The molecular formula is C14H22N4O2. The molecule has 1 N–H and O–H groups in total. The molecule has 1 aromatic carbocycles. The number of hydrogen-bond acceptors (Lipinski definition) is 5. The summed E-state index contributed by atoms with van der Waals surface area (Å²) in [6.07, 6.45) is 0. The highest BCUT2D eigenvalue weighted by molar-refractivity contribution is 5.56. The summed E-state index contributed by atoms with van der Waals surface area (Å²) in [6.45, 7) is 7.71. The molecule has 1 aliphatic heterocycles. The van der Waals surface area contributed by atoms with Gasteiger partial charge in [0.15, 0.2) is 0 Å². The van der Waals surface area contributed by atoms with Gasteiger partial charge in [0.25, 0.3) is 5.69 Å². The molecule has 1 fully saturated rings. The van der Waals surface area contributed by atoms with Gasteiger partial charge in [0, 0.05) is 57.1 Å². The van der Waals surface area contributed by atoms with Crippen LogP contribution in [0.2, 0.25) is 0 Å². The minimum absolute atomic E-state index is 0.163. The highest BCUT2D eigenvalue weighted by atomic mass is 16.6. The molecule has 1 heterocycles. The van der Waals surface area contributed by atoms with Crippen LogP contribution in [0.25, 0.3) is 0 Å². The second kappa shape index (κ2) is 6.67. The average Bonchev–Trinajstić information content (AvgIpc) is 2.43. The molecule has 110 valence electrons. The van der Waals surface area contributed by atoms with Crippen LogP contribution >= 0.6 is 0 Å². The summed E-state index contributed by atoms with van der Waals surface area (Å²) in [7, 11) is 2.12. The lowest BCUT2D eigenvalue weighted by atomic mass is 10.1. The summed E-state index contributed by atoms with van der Waals surface area (Å²) in [6, 6.07) is 5.06. The van der Waals surface area contributed by atoms with Crippen LogP contribution in [0, 0.1) is 10.1 Å². The molecule has 0 amide bonds. The predicted molar refractivity (Wildman–Crippen MR) is 80.0 cm³/mol. The molecular weight excluding hydrogens is 256 g/mol. The molecule has 0 atom stereocenters. The number of anilines is 1. The molecule has 6 nitrogen and oxygen atoms in total. The number of nitrogens with zero attached hydrogens (tertiary/aromatic N) is 3. The minimum atomic E-state index is -0.330. The fraction of sp³-hybridized carbons (Fsp3) is 0.571. The first-order valence-electron chi connectivity index (χ1n) is 7.02. The maximum Gasteiger partial charge on any atom is 0.269 e. The Bertz CT molecular complexity index is 470. The van der Waals surface area contributed by atoms with Gasteiger partial charge in [0.1, 0.15) is 0 Å². The SMILES string of the molecule is CCNc1ccc([N+](=O)[O-])cc1CN1CCN(C)CC1. The number of rotatable bonds is 5. The molecule has 2 rings (SSSR count). The van der Waals surface area contributed by atoms with E-state index in [2.05, 4.69) is 22.2 Å². The van der Waals surface area contributed by atoms with E-state index in [4.69, 9.17) is 0 Å². The Morgan fingerprint density at radius 2 is 2.00 bits per heavy atom. The third-order valence-electron chi connectivity index (χ3n) is 3.66. The maximum absolute atomic E-state index is 10.9. The van der Waals surface area contributed by atoms with E-state index in [-0.39, 0.29) is 10.6 Å². The van der Waals surface area contributed by atoms with Crippen molar-refractivity contribution in [2.75, 3.05) is 45.1 Å². The predicted octanol–water partition coefficient (Wildman–Crippen LogP) is 1.77. The summed E-state index contributed by atoms with van der Waals surface area (Å²) in [5.74, 6) is 0. The lowest BCUT2D eigenvalue weighted by Crippen LogP contribution is -2.43. The van der Waals surface area contributed by atoms with Gasteiger partial charge in [-0.05, 0) is 25.6 Å². The second-order valence-electron chi connectivity index (χ2n) is 5.21. The molecule has 1 aliphatic rings. The Labute approximate surface area is 119 Å². The van der Waals surface area contributed by atoms with Crippen molar-refractivity contribution < 1.29 is 4.92 Å². The molecule has 0 saturated carbocycles. The zero-order valence-electron chi connectivity index (χ0n) is 12.1. The third kappa shape index (κ3) is 3.68. The first kappa shape index (κ1) is 14.7. The van der Waals surface area contributed by atoms with Crippen LogP contribution in [-0.4, -0.2) is 54.5 Å². The molecule has 6 heteroatoms. The van der Waals surface area contributed by atoms with Crippen molar-refractivity contribution in [3.8, 4) is 0 Å². The van der Waals surface area contributed by atoms with Crippen LogP contribution in [0.4, 0.5) is 11.4 Å². The Morgan fingerprint density at radius 3 is 2.60 bits per heavy atom. The van der Waals surface area contributed by atoms with Crippen LogP contribution in [-0.2, 0) is 6.54 Å². The first-order chi connectivity index (χ1) is 9.60. The Hall–Kier alpha value is -1.66. The lowest BCUT2D eigenvalue weighted by Gasteiger charge is -2.32. The van der Waals surface area contributed by atoms with Crippen molar-refractivity contribution in [2.24, 2.45) is 0 Å². The topological polar surface area (TPSA) is 61.7 Å². The van der Waals surface area contributed by atoms with Crippen LogP contribution < -0.4 is 5.32 Å². The molecule has 0 radical (unpaired) electrons. The maximum atomic E-state index is 10.9. The zero-order valence-corrected chi connectivity index (χ0v) is 12.1. The number of nitro benzene ring substituents is 1. The lowest BCUT2D eigenvalue weighted by molar-refractivity contribution is -0.384. The smallest absolute Gasteiger partial charge is 0.269 e. The Morgan fingerprint density at radius 1 is 1.30 bits per heavy atom. The van der Waals surface area contributed by atoms with E-state index in [9.17, 15) is 10.1 Å². The summed E-state index contributed by atoms with van der Waals surface area (Å²) < 4.78 is 0. The van der Waals surface area contributed by atoms with Gasteiger partial charge in [-0.15, -0.1) is 0 Å². The highest BCUT2D eigenvalue weighted by Crippen LogP contribution is 2.24. The molecule has 0 aromatic heterocycles. The van der Waals surface area contributed by atoms with Crippen molar-refractivity contribution in [2.45, 2.75) is 13.5 Å². The monoisotopic (exact) mass is 278 g/mol. The number of nitrogens with one attached hydrogen (secondary N) is 1. The summed E-state index contributed by atoms with van der Waals surface area (Å²) >= 11 is 0. The van der Waals surface area contributed by atoms with Crippen molar-refractivity contribution in [3.05, 3.63) is 33.9 Å². The van der Waals surface area contributed by atoms with Gasteiger partial charge in [-0.1, -0.05) is 0 Å². The quantitative estimate of drug-likeness (QED) is 0.657. The van der Waals surface area contributed by atoms with Gasteiger partial charge in [-0.2, -0.15) is 0 Å². The summed E-state index contributed by atoms with van der Waals surface area (Å²) in [5.41, 5.74) is 2.17. The minimum Gasteiger partial charge on any atom is -0.385 e. The van der Waals surface area contributed by atoms with E-state index >= 15 is 0 Å². The van der Waals surface area contributed by atoms with Crippen LogP contribution in [0.15, 0.2) is 18.2 Å². The second-order valence-corrected chi connectivity index (χ2v) is 5.21. The number of likely N-dealkylation sites (N-methyl/N-ethyl adjacent to an activating group) is 1. The van der Waals surface area contributed by atoms with Crippen molar-refractivity contribution in [3.63, 3.8) is 0 Å². The van der Waals surface area contributed by atoms with E-state index in [1.165, 1.54) is 0 Å². The molecule has 20 heavy (non-hydrogen) atoms. The number of piperazine rings is 1. The van der Waals surface area contributed by atoms with Gasteiger partial charge < -0.3 is 10.2 Å². The zero-order chi connectivity index (χ0) is 14.5. The standard InChI is InChI=1S/C14H22N4O2/c1-3-15-14-5-4-13(18(19)20)10-12(14)11-17-8-6-16(2)7-9-17/h4-5,10,15H,3,6-9,11H2,1-2H3. The van der Waals surface area contributed by atoms with E-state index < -0.39 is 0 Å². The van der Waals surface area contributed by atoms with E-state index in [0.717, 1.165) is 50.5 Å². The van der Waals surface area contributed by atoms with E-state index in [0.29, 0.717) is 0 Å². The fourth-order valence-corrected chi connectivity index (χ4v) is 2.43. The van der Waals surface area contributed by atoms with Gasteiger partial charge in [-0.25, -0.2) is 0 Å². The van der Waals surface area contributed by atoms with Crippen molar-refractivity contribution in [1.29, 1.82) is 0 Å². The van der Waals surface area contributed by atoms with Crippen LogP contribution in [0.3, 0.4) is 0 Å². The fourth-order valence-electron chi connectivity index (χ4n) is 2.43. The molecule has 0 bridgehead atoms. The Balaban J connectivity index is 2.14. The highest BCUT2D eigenvalue weighted by Gasteiger charge is 2.17. The number of non-ortho nitro benzene ring substituents is 1. The molecule has 1 aromatic rings. The number of benzene rings is 1. The molecule has 0 aliphatic carbocycles. The van der Waals surface area contributed by atoms with Crippen LogP contribution in [0.1, 0.15) is 12.5 Å².